The maximum absolute atomic E-state index is 13.2. The van der Waals surface area contributed by atoms with Crippen LogP contribution in [0.2, 0.25) is 22.5 Å². The Hall–Kier alpha value is -3.16. The van der Waals surface area contributed by atoms with E-state index in [4.69, 9.17) is 16.0 Å². The summed E-state index contributed by atoms with van der Waals surface area (Å²) in [5.74, 6) is -0.822. The molecular weight excluding hydrogens is 536 g/mol. The number of nitriles is 1. The van der Waals surface area contributed by atoms with E-state index >= 15 is 0 Å². The molecule has 0 saturated heterocycles. The third-order valence-electron chi connectivity index (χ3n) is 6.62. The number of nitrogens with one attached hydrogen (secondary N) is 3. The second-order valence-electron chi connectivity index (χ2n) is 10.4. The molecule has 200 valence electrons. The number of anilines is 3. The van der Waals surface area contributed by atoms with Crippen molar-refractivity contribution in [1.29, 1.82) is 5.26 Å². The van der Waals surface area contributed by atoms with Crippen LogP contribution in [-0.2, 0) is 4.43 Å². The minimum atomic E-state index is -1.79. The quantitative estimate of drug-likeness (QED) is 0.183. The molecule has 1 heterocycles. The molecule has 0 saturated carbocycles. The predicted molar refractivity (Wildman–Crippen MR) is 159 cm³/mol. The highest BCUT2D eigenvalue weighted by Gasteiger charge is 2.36. The lowest BCUT2D eigenvalue weighted by Crippen LogP contribution is -2.41. The molecule has 0 radical (unpaired) electrons. The number of benzene rings is 2. The Balaban J connectivity index is 1.67. The lowest BCUT2D eigenvalue weighted by atomic mass is 10.0. The van der Waals surface area contributed by atoms with Crippen LogP contribution < -0.4 is 16.0 Å². The second kappa shape index (κ2) is 12.1. The molecule has 1 aromatic heterocycles. The van der Waals surface area contributed by atoms with Gasteiger partial charge in [-0.3, -0.25) is 9.59 Å². The van der Waals surface area contributed by atoms with Crippen molar-refractivity contribution >= 4 is 60.1 Å². The fraction of sp³-hybridized carbons (Fsp3) is 0.321. The van der Waals surface area contributed by atoms with Gasteiger partial charge in [-0.25, -0.2) is 0 Å². The molecule has 0 aliphatic rings. The van der Waals surface area contributed by atoms with E-state index in [1.807, 2.05) is 12.1 Å². The zero-order chi connectivity index (χ0) is 28.1. The van der Waals surface area contributed by atoms with E-state index in [-0.39, 0.29) is 16.5 Å². The Morgan fingerprint density at radius 3 is 2.26 bits per heavy atom. The summed E-state index contributed by atoms with van der Waals surface area (Å²) in [4.78, 5) is 26.3. The van der Waals surface area contributed by atoms with Crippen molar-refractivity contribution in [3.8, 4) is 6.07 Å². The molecule has 0 fully saturated rings. The maximum Gasteiger partial charge on any atom is 0.265 e. The number of halogens is 1. The summed E-state index contributed by atoms with van der Waals surface area (Å²) in [6.45, 7) is 14.2. The van der Waals surface area contributed by atoms with Crippen LogP contribution >= 0.6 is 22.9 Å². The third-order valence-corrected chi connectivity index (χ3v) is 12.4. The first-order chi connectivity index (χ1) is 17.8. The largest absolute Gasteiger partial charge is 0.415 e. The first kappa shape index (κ1) is 29.4. The van der Waals surface area contributed by atoms with E-state index in [1.165, 1.54) is 6.07 Å². The van der Waals surface area contributed by atoms with E-state index in [0.29, 0.717) is 44.9 Å². The number of hydrogen-bond donors (Lipinski definition) is 3. The van der Waals surface area contributed by atoms with Crippen molar-refractivity contribution in [2.24, 2.45) is 0 Å². The molecule has 3 N–H and O–H groups in total. The summed E-state index contributed by atoms with van der Waals surface area (Å²) in [7, 11) is -1.79. The van der Waals surface area contributed by atoms with E-state index in [2.05, 4.69) is 55.9 Å². The van der Waals surface area contributed by atoms with Gasteiger partial charge in [-0.1, -0.05) is 32.4 Å². The minimum absolute atomic E-state index is 0.165. The summed E-state index contributed by atoms with van der Waals surface area (Å²) in [6, 6.07) is 15.8. The van der Waals surface area contributed by atoms with E-state index in [1.54, 1.807) is 37.3 Å². The second-order valence-corrected chi connectivity index (χ2v) is 17.0. The molecule has 2 amide bonds. The predicted octanol–water partition coefficient (Wildman–Crippen LogP) is 7.52. The van der Waals surface area contributed by atoms with Gasteiger partial charge in [0.15, 0.2) is 8.32 Å². The SMILES string of the molecule is Cc1cc(NC(=O)c2ccc(Cl)s2)c(C(=O)Nc2ccc(NCCO[Si](C)(C)C(C)(C)C)cc2)cc1C#N. The molecule has 0 bridgehead atoms. The Bertz CT molecular complexity index is 1360. The summed E-state index contributed by atoms with van der Waals surface area (Å²) in [5, 5.41) is 18.6. The van der Waals surface area contributed by atoms with Crippen LogP contribution in [0.3, 0.4) is 0 Å². The number of nitrogens with zero attached hydrogens (tertiary/aromatic N) is 1. The lowest BCUT2D eigenvalue weighted by molar-refractivity contribution is 0.102. The highest BCUT2D eigenvalue weighted by molar-refractivity contribution is 7.18. The summed E-state index contributed by atoms with van der Waals surface area (Å²) < 4.78 is 6.69. The number of rotatable bonds is 9. The summed E-state index contributed by atoms with van der Waals surface area (Å²) >= 11 is 7.10. The number of carbonyl (C=O) groups excluding carboxylic acids is 2. The first-order valence-electron chi connectivity index (χ1n) is 12.2. The fourth-order valence-corrected chi connectivity index (χ4v) is 5.31. The Morgan fingerprint density at radius 2 is 1.68 bits per heavy atom. The van der Waals surface area contributed by atoms with Gasteiger partial charge in [0.05, 0.1) is 38.7 Å². The number of aryl methyl sites for hydroxylation is 1. The maximum atomic E-state index is 13.2. The van der Waals surface area contributed by atoms with Gasteiger partial charge in [0.1, 0.15) is 0 Å². The molecule has 7 nitrogen and oxygen atoms in total. The minimum Gasteiger partial charge on any atom is -0.415 e. The third kappa shape index (κ3) is 7.45. The zero-order valence-corrected chi connectivity index (χ0v) is 25.1. The van der Waals surface area contributed by atoms with Crippen LogP contribution in [0.25, 0.3) is 0 Å². The van der Waals surface area contributed by atoms with Gasteiger partial charge in [-0.2, -0.15) is 5.26 Å². The van der Waals surface area contributed by atoms with Crippen molar-refractivity contribution in [1.82, 2.24) is 0 Å². The molecule has 2 aromatic carbocycles. The Morgan fingerprint density at radius 1 is 1.03 bits per heavy atom. The lowest BCUT2D eigenvalue weighted by Gasteiger charge is -2.36. The molecule has 0 atom stereocenters. The number of hydrogen-bond acceptors (Lipinski definition) is 6. The molecule has 38 heavy (non-hydrogen) atoms. The van der Waals surface area contributed by atoms with Crippen LogP contribution in [-0.4, -0.2) is 33.3 Å². The van der Waals surface area contributed by atoms with Gasteiger partial charge >= 0.3 is 0 Å². The Labute approximate surface area is 234 Å². The number of carbonyl (C=O) groups is 2. The van der Waals surface area contributed by atoms with Crippen molar-refractivity contribution in [3.05, 3.63) is 74.4 Å². The van der Waals surface area contributed by atoms with Crippen molar-refractivity contribution in [2.45, 2.75) is 45.8 Å². The molecule has 0 spiro atoms. The molecule has 10 heteroatoms. The van der Waals surface area contributed by atoms with E-state index in [9.17, 15) is 14.9 Å². The molecule has 0 aliphatic heterocycles. The summed E-state index contributed by atoms with van der Waals surface area (Å²) in [5.41, 5.74) is 3.00. The first-order valence-corrected chi connectivity index (χ1v) is 16.3. The van der Waals surface area contributed by atoms with Gasteiger partial charge in [0, 0.05) is 17.9 Å². The van der Waals surface area contributed by atoms with E-state index < -0.39 is 14.2 Å². The van der Waals surface area contributed by atoms with Gasteiger partial charge < -0.3 is 20.4 Å². The monoisotopic (exact) mass is 568 g/mol. The number of amides is 2. The summed E-state index contributed by atoms with van der Waals surface area (Å²) in [6.07, 6.45) is 0. The van der Waals surface area contributed by atoms with Gasteiger partial charge in [-0.15, -0.1) is 11.3 Å². The number of thiophene rings is 1. The van der Waals surface area contributed by atoms with Crippen LogP contribution in [0.15, 0.2) is 48.5 Å². The fourth-order valence-electron chi connectivity index (χ4n) is 3.33. The van der Waals surface area contributed by atoms with Crippen LogP contribution in [0.4, 0.5) is 17.1 Å². The topological polar surface area (TPSA) is 103 Å². The van der Waals surface area contributed by atoms with Gasteiger partial charge in [0.25, 0.3) is 11.8 Å². The molecule has 0 unspecified atom stereocenters. The van der Waals surface area contributed by atoms with Crippen LogP contribution in [0, 0.1) is 18.3 Å². The van der Waals surface area contributed by atoms with Crippen molar-refractivity contribution < 1.29 is 14.0 Å². The molecular formula is C28H33ClN4O3SSi. The average Bonchev–Trinajstić information content (AvgIpc) is 3.28. The standard InChI is InChI=1S/C28H33ClN4O3SSi/c1-18-15-23(33-27(35)24-11-12-25(29)37-24)22(16-19(18)17-30)26(34)32-21-9-7-20(8-10-21)31-13-14-36-38(5,6)28(2,3)4/h7-12,15-16,31H,13-14H2,1-6H3,(H,32,34)(H,33,35). The highest BCUT2D eigenvalue weighted by atomic mass is 35.5. The van der Waals surface area contributed by atoms with Crippen molar-refractivity contribution in [2.75, 3.05) is 29.1 Å². The zero-order valence-electron chi connectivity index (χ0n) is 22.5. The van der Waals surface area contributed by atoms with Crippen LogP contribution in [0.1, 0.15) is 51.9 Å². The Kier molecular flexibility index (Phi) is 9.39. The van der Waals surface area contributed by atoms with Crippen LogP contribution in [0.5, 0.6) is 0 Å². The van der Waals surface area contributed by atoms with Gasteiger partial charge in [0.2, 0.25) is 0 Å². The highest BCUT2D eigenvalue weighted by Crippen LogP contribution is 2.36. The normalized spacial score (nSPS) is 11.5. The molecule has 3 aromatic rings. The van der Waals surface area contributed by atoms with Crippen molar-refractivity contribution in [3.63, 3.8) is 0 Å². The smallest absolute Gasteiger partial charge is 0.265 e. The molecule has 3 rings (SSSR count). The van der Waals surface area contributed by atoms with Gasteiger partial charge in [-0.05, 0) is 79.2 Å². The average molecular weight is 569 g/mol. The molecule has 0 aliphatic carbocycles. The van der Waals surface area contributed by atoms with E-state index in [0.717, 1.165) is 17.0 Å².